The minimum Gasteiger partial charge on any atom is -0.336 e. The van der Waals surface area contributed by atoms with E-state index in [0.717, 1.165) is 43.9 Å². The third-order valence-electron chi connectivity index (χ3n) is 4.43. The molecule has 0 N–H and O–H groups in total. The van der Waals surface area contributed by atoms with Crippen LogP contribution in [-0.2, 0) is 6.54 Å². The van der Waals surface area contributed by atoms with Crippen LogP contribution in [0.3, 0.4) is 0 Å². The molecule has 0 saturated carbocycles. The maximum absolute atomic E-state index is 12.7. The van der Waals surface area contributed by atoms with Gasteiger partial charge in [0.25, 0.3) is 5.91 Å². The maximum atomic E-state index is 12.7. The second kappa shape index (κ2) is 6.92. The number of aryl methyl sites for hydroxylation is 2. The van der Waals surface area contributed by atoms with E-state index >= 15 is 0 Å². The van der Waals surface area contributed by atoms with E-state index in [1.807, 2.05) is 48.5 Å². The molecule has 1 aliphatic heterocycles. The van der Waals surface area contributed by atoms with Gasteiger partial charge in [-0.05, 0) is 43.2 Å². The Morgan fingerprint density at radius 3 is 2.39 bits per heavy atom. The molecule has 0 aliphatic carbocycles. The number of carbonyl (C=O) groups excluding carboxylic acids is 1. The van der Waals surface area contributed by atoms with E-state index in [2.05, 4.69) is 22.9 Å². The molecular weight excluding hydrogens is 286 g/mol. The Kier molecular flexibility index (Phi) is 4.72. The fourth-order valence-electron chi connectivity index (χ4n) is 3.08. The van der Waals surface area contributed by atoms with Gasteiger partial charge in [0, 0.05) is 50.7 Å². The van der Waals surface area contributed by atoms with E-state index in [1.54, 1.807) is 0 Å². The molecule has 0 atom stereocenters. The van der Waals surface area contributed by atoms with Gasteiger partial charge in [-0.1, -0.05) is 17.7 Å². The van der Waals surface area contributed by atoms with E-state index in [1.165, 1.54) is 11.1 Å². The minimum absolute atomic E-state index is 0.158. The van der Waals surface area contributed by atoms with Crippen molar-refractivity contribution in [3.63, 3.8) is 0 Å². The van der Waals surface area contributed by atoms with Gasteiger partial charge >= 0.3 is 0 Å². The molecule has 120 valence electrons. The Bertz CT molecular complexity index is 676. The lowest BCUT2D eigenvalue weighted by atomic mass is 10.0. The van der Waals surface area contributed by atoms with E-state index in [4.69, 9.17) is 0 Å². The minimum atomic E-state index is 0.158. The molecule has 1 aromatic carbocycles. The van der Waals surface area contributed by atoms with Crippen molar-refractivity contribution in [3.05, 3.63) is 65.0 Å². The predicted octanol–water partition coefficient (Wildman–Crippen LogP) is 2.66. The molecule has 1 saturated heterocycles. The van der Waals surface area contributed by atoms with Gasteiger partial charge in [-0.25, -0.2) is 0 Å². The van der Waals surface area contributed by atoms with Crippen molar-refractivity contribution in [1.29, 1.82) is 0 Å². The first-order valence-corrected chi connectivity index (χ1v) is 8.11. The highest BCUT2D eigenvalue weighted by Crippen LogP contribution is 2.15. The summed E-state index contributed by atoms with van der Waals surface area (Å²) in [6.07, 6.45) is 3.66. The van der Waals surface area contributed by atoms with Crippen molar-refractivity contribution in [3.8, 4) is 0 Å². The zero-order valence-corrected chi connectivity index (χ0v) is 13.8. The lowest BCUT2D eigenvalue weighted by molar-refractivity contribution is 0.0628. The van der Waals surface area contributed by atoms with Crippen molar-refractivity contribution in [2.45, 2.75) is 20.4 Å². The Balaban J connectivity index is 1.59. The van der Waals surface area contributed by atoms with Crippen LogP contribution < -0.4 is 0 Å². The van der Waals surface area contributed by atoms with Crippen LogP contribution in [0.2, 0.25) is 0 Å². The standard InChI is InChI=1S/C19H23N3O/c1-15-3-4-18(16(2)13-15)19(23)22-11-9-21(10-12-22)14-17-5-7-20-8-6-17/h3-8,13H,9-12,14H2,1-2H3. The van der Waals surface area contributed by atoms with Crippen molar-refractivity contribution in [2.75, 3.05) is 26.2 Å². The van der Waals surface area contributed by atoms with Gasteiger partial charge in [-0.15, -0.1) is 0 Å². The average molecular weight is 309 g/mol. The van der Waals surface area contributed by atoms with Gasteiger partial charge in [-0.2, -0.15) is 0 Å². The summed E-state index contributed by atoms with van der Waals surface area (Å²) in [4.78, 5) is 21.1. The highest BCUT2D eigenvalue weighted by molar-refractivity contribution is 5.95. The van der Waals surface area contributed by atoms with E-state index in [9.17, 15) is 4.79 Å². The van der Waals surface area contributed by atoms with Gasteiger partial charge in [0.2, 0.25) is 0 Å². The molecule has 1 fully saturated rings. The van der Waals surface area contributed by atoms with Gasteiger partial charge < -0.3 is 4.90 Å². The molecule has 1 amide bonds. The fraction of sp³-hybridized carbons (Fsp3) is 0.368. The molecule has 0 unspecified atom stereocenters. The first kappa shape index (κ1) is 15.7. The Morgan fingerprint density at radius 1 is 1.04 bits per heavy atom. The summed E-state index contributed by atoms with van der Waals surface area (Å²) >= 11 is 0. The number of nitrogens with zero attached hydrogens (tertiary/aromatic N) is 3. The number of piperazine rings is 1. The molecule has 0 bridgehead atoms. The number of hydrogen-bond acceptors (Lipinski definition) is 3. The summed E-state index contributed by atoms with van der Waals surface area (Å²) in [6.45, 7) is 8.40. The summed E-state index contributed by atoms with van der Waals surface area (Å²) in [5, 5.41) is 0. The van der Waals surface area contributed by atoms with Crippen molar-refractivity contribution in [2.24, 2.45) is 0 Å². The van der Waals surface area contributed by atoms with E-state index < -0.39 is 0 Å². The molecule has 0 spiro atoms. The SMILES string of the molecule is Cc1ccc(C(=O)N2CCN(Cc3ccncc3)CC2)c(C)c1. The van der Waals surface area contributed by atoms with Gasteiger partial charge in [-0.3, -0.25) is 14.7 Å². The molecule has 1 aliphatic rings. The van der Waals surface area contributed by atoms with E-state index in [0.29, 0.717) is 0 Å². The Morgan fingerprint density at radius 2 is 1.74 bits per heavy atom. The van der Waals surface area contributed by atoms with Crippen LogP contribution in [0.15, 0.2) is 42.7 Å². The summed E-state index contributed by atoms with van der Waals surface area (Å²) in [6, 6.07) is 10.1. The van der Waals surface area contributed by atoms with Crippen molar-refractivity contribution in [1.82, 2.24) is 14.8 Å². The molecule has 23 heavy (non-hydrogen) atoms. The molecule has 2 heterocycles. The number of hydrogen-bond donors (Lipinski definition) is 0. The second-order valence-electron chi connectivity index (χ2n) is 6.24. The largest absolute Gasteiger partial charge is 0.336 e. The van der Waals surface area contributed by atoms with Crippen molar-refractivity contribution < 1.29 is 4.79 Å². The number of benzene rings is 1. The summed E-state index contributed by atoms with van der Waals surface area (Å²) in [5.41, 5.74) is 4.36. The van der Waals surface area contributed by atoms with Crippen LogP contribution in [0.25, 0.3) is 0 Å². The predicted molar refractivity (Wildman–Crippen MR) is 91.3 cm³/mol. The highest BCUT2D eigenvalue weighted by atomic mass is 16.2. The van der Waals surface area contributed by atoms with Gasteiger partial charge in [0.15, 0.2) is 0 Å². The smallest absolute Gasteiger partial charge is 0.254 e. The zero-order chi connectivity index (χ0) is 16.2. The topological polar surface area (TPSA) is 36.4 Å². The van der Waals surface area contributed by atoms with Crippen LogP contribution in [0.5, 0.6) is 0 Å². The van der Waals surface area contributed by atoms with Crippen LogP contribution >= 0.6 is 0 Å². The Labute approximate surface area is 137 Å². The third-order valence-corrected chi connectivity index (χ3v) is 4.43. The quantitative estimate of drug-likeness (QED) is 0.874. The maximum Gasteiger partial charge on any atom is 0.254 e. The zero-order valence-electron chi connectivity index (χ0n) is 13.8. The summed E-state index contributed by atoms with van der Waals surface area (Å²) < 4.78 is 0. The molecule has 4 heteroatoms. The van der Waals surface area contributed by atoms with Gasteiger partial charge in [0.05, 0.1) is 0 Å². The Hall–Kier alpha value is -2.20. The van der Waals surface area contributed by atoms with E-state index in [-0.39, 0.29) is 5.91 Å². The van der Waals surface area contributed by atoms with Crippen molar-refractivity contribution >= 4 is 5.91 Å². The number of pyridine rings is 1. The number of carbonyl (C=O) groups is 1. The number of amides is 1. The number of aromatic nitrogens is 1. The molecule has 1 aromatic heterocycles. The molecule has 3 rings (SSSR count). The third kappa shape index (κ3) is 3.77. The van der Waals surface area contributed by atoms with Crippen LogP contribution in [0, 0.1) is 13.8 Å². The first-order chi connectivity index (χ1) is 11.1. The molecular formula is C19H23N3O. The average Bonchev–Trinajstić information content (AvgIpc) is 2.56. The fourth-order valence-corrected chi connectivity index (χ4v) is 3.08. The first-order valence-electron chi connectivity index (χ1n) is 8.11. The summed E-state index contributed by atoms with van der Waals surface area (Å²) in [5.74, 6) is 0.158. The molecule has 2 aromatic rings. The molecule has 4 nitrogen and oxygen atoms in total. The van der Waals surface area contributed by atoms with Crippen LogP contribution in [0.1, 0.15) is 27.0 Å². The monoisotopic (exact) mass is 309 g/mol. The lowest BCUT2D eigenvalue weighted by Crippen LogP contribution is -2.48. The summed E-state index contributed by atoms with van der Waals surface area (Å²) in [7, 11) is 0. The normalized spacial score (nSPS) is 15.7. The molecule has 0 radical (unpaired) electrons. The second-order valence-corrected chi connectivity index (χ2v) is 6.24. The lowest BCUT2D eigenvalue weighted by Gasteiger charge is -2.35. The highest BCUT2D eigenvalue weighted by Gasteiger charge is 2.23. The van der Waals surface area contributed by atoms with Crippen LogP contribution in [0.4, 0.5) is 0 Å². The van der Waals surface area contributed by atoms with Gasteiger partial charge in [0.1, 0.15) is 0 Å². The number of rotatable bonds is 3. The van der Waals surface area contributed by atoms with Crippen LogP contribution in [-0.4, -0.2) is 46.9 Å².